The van der Waals surface area contributed by atoms with Crippen molar-refractivity contribution in [2.45, 2.75) is 39.4 Å². The van der Waals surface area contributed by atoms with Crippen molar-refractivity contribution >= 4 is 0 Å². The maximum absolute atomic E-state index is 5.65. The summed E-state index contributed by atoms with van der Waals surface area (Å²) in [7, 11) is 0. The third-order valence-electron chi connectivity index (χ3n) is 2.35. The minimum absolute atomic E-state index is 0.280. The van der Waals surface area contributed by atoms with Crippen LogP contribution in [0.15, 0.2) is 0 Å². The molecule has 0 N–H and O–H groups in total. The van der Waals surface area contributed by atoms with Gasteiger partial charge in [0.2, 0.25) is 0 Å². The Labute approximate surface area is 68.9 Å². The van der Waals surface area contributed by atoms with Gasteiger partial charge in [0, 0.05) is 5.92 Å². The van der Waals surface area contributed by atoms with Gasteiger partial charge in [0.15, 0.2) is 5.79 Å². The molecule has 0 radical (unpaired) electrons. The second-order valence-corrected chi connectivity index (χ2v) is 3.37. The van der Waals surface area contributed by atoms with Crippen molar-refractivity contribution in [3.05, 3.63) is 0 Å². The lowest BCUT2D eigenvalue weighted by molar-refractivity contribution is -0.290. The Hall–Kier alpha value is -0.0800. The fourth-order valence-corrected chi connectivity index (χ4v) is 1.54. The van der Waals surface area contributed by atoms with Crippen molar-refractivity contribution in [1.82, 2.24) is 0 Å². The zero-order chi connectivity index (χ0) is 8.32. The largest absolute Gasteiger partial charge is 0.350 e. The molecule has 2 heteroatoms. The molecular formula is C9H18O2. The van der Waals surface area contributed by atoms with Crippen molar-refractivity contribution in [1.29, 1.82) is 0 Å². The summed E-state index contributed by atoms with van der Waals surface area (Å²) in [6.07, 6.45) is 1.99. The van der Waals surface area contributed by atoms with E-state index in [-0.39, 0.29) is 5.79 Å². The van der Waals surface area contributed by atoms with E-state index < -0.39 is 0 Å². The first-order valence-corrected chi connectivity index (χ1v) is 4.49. The first-order chi connectivity index (χ1) is 5.21. The number of rotatable bonds is 2. The van der Waals surface area contributed by atoms with Crippen LogP contribution in [0.5, 0.6) is 0 Å². The number of hydrogen-bond acceptors (Lipinski definition) is 2. The van der Waals surface area contributed by atoms with E-state index in [0.717, 1.165) is 26.1 Å². The van der Waals surface area contributed by atoms with Crippen LogP contribution in [0.4, 0.5) is 0 Å². The maximum Gasteiger partial charge on any atom is 0.170 e. The minimum atomic E-state index is -0.280. The van der Waals surface area contributed by atoms with E-state index >= 15 is 0 Å². The quantitative estimate of drug-likeness (QED) is 0.613. The van der Waals surface area contributed by atoms with E-state index in [9.17, 15) is 0 Å². The molecule has 0 aliphatic carbocycles. The summed E-state index contributed by atoms with van der Waals surface area (Å²) < 4.78 is 11.3. The Bertz CT molecular complexity index is 115. The van der Waals surface area contributed by atoms with E-state index in [1.165, 1.54) is 0 Å². The molecule has 0 aromatic rings. The summed E-state index contributed by atoms with van der Waals surface area (Å²) in [4.78, 5) is 0. The molecule has 0 atom stereocenters. The fraction of sp³-hybridized carbons (Fsp3) is 1.00. The summed E-state index contributed by atoms with van der Waals surface area (Å²) in [6.45, 7) is 8.12. The highest BCUT2D eigenvalue weighted by Crippen LogP contribution is 2.30. The summed E-state index contributed by atoms with van der Waals surface area (Å²) in [5, 5.41) is 0. The molecule has 1 aliphatic heterocycles. The molecule has 0 saturated carbocycles. The smallest absolute Gasteiger partial charge is 0.170 e. The van der Waals surface area contributed by atoms with Gasteiger partial charge >= 0.3 is 0 Å². The van der Waals surface area contributed by atoms with E-state index in [4.69, 9.17) is 9.47 Å². The van der Waals surface area contributed by atoms with Gasteiger partial charge in [0.05, 0.1) is 13.2 Å². The summed E-state index contributed by atoms with van der Waals surface area (Å²) in [5.74, 6) is 0.172. The van der Waals surface area contributed by atoms with Gasteiger partial charge in [-0.2, -0.15) is 0 Å². The second kappa shape index (κ2) is 3.55. The van der Waals surface area contributed by atoms with Crippen molar-refractivity contribution in [2.24, 2.45) is 5.92 Å². The van der Waals surface area contributed by atoms with Crippen LogP contribution < -0.4 is 0 Å². The van der Waals surface area contributed by atoms with Crippen LogP contribution in [0.3, 0.4) is 0 Å². The Morgan fingerprint density at radius 1 is 1.27 bits per heavy atom. The van der Waals surface area contributed by atoms with Crippen LogP contribution in [0.25, 0.3) is 0 Å². The number of hydrogen-bond donors (Lipinski definition) is 0. The molecule has 1 fully saturated rings. The normalized spacial score (nSPS) is 24.0. The van der Waals surface area contributed by atoms with E-state index in [1.807, 2.05) is 0 Å². The van der Waals surface area contributed by atoms with Crippen molar-refractivity contribution in [2.75, 3.05) is 13.2 Å². The standard InChI is InChI=1S/C9H18O2/c1-4-9(8(2)3)10-6-5-7-11-9/h8H,4-7H2,1-3H3. The molecule has 1 heterocycles. The molecule has 0 aromatic carbocycles. The highest BCUT2D eigenvalue weighted by molar-refractivity contribution is 4.74. The topological polar surface area (TPSA) is 18.5 Å². The lowest BCUT2D eigenvalue weighted by Gasteiger charge is -2.39. The van der Waals surface area contributed by atoms with E-state index in [2.05, 4.69) is 20.8 Å². The summed E-state index contributed by atoms with van der Waals surface area (Å²) >= 11 is 0. The molecular weight excluding hydrogens is 140 g/mol. The van der Waals surface area contributed by atoms with Gasteiger partial charge in [-0.3, -0.25) is 0 Å². The van der Waals surface area contributed by atoms with E-state index in [1.54, 1.807) is 0 Å². The van der Waals surface area contributed by atoms with Crippen LogP contribution in [-0.2, 0) is 9.47 Å². The van der Waals surface area contributed by atoms with Crippen LogP contribution in [0.2, 0.25) is 0 Å². The molecule has 11 heavy (non-hydrogen) atoms. The average molecular weight is 158 g/mol. The molecule has 66 valence electrons. The van der Waals surface area contributed by atoms with Crippen molar-refractivity contribution in [3.8, 4) is 0 Å². The van der Waals surface area contributed by atoms with Gasteiger partial charge in [-0.1, -0.05) is 20.8 Å². The molecule has 0 spiro atoms. The highest BCUT2D eigenvalue weighted by Gasteiger charge is 2.35. The molecule has 0 aromatic heterocycles. The van der Waals surface area contributed by atoms with Crippen LogP contribution in [-0.4, -0.2) is 19.0 Å². The van der Waals surface area contributed by atoms with Gasteiger partial charge in [-0.15, -0.1) is 0 Å². The highest BCUT2D eigenvalue weighted by atomic mass is 16.7. The Morgan fingerprint density at radius 2 is 1.82 bits per heavy atom. The zero-order valence-electron chi connectivity index (χ0n) is 7.72. The maximum atomic E-state index is 5.65. The van der Waals surface area contributed by atoms with Gasteiger partial charge in [0.1, 0.15) is 0 Å². The third-order valence-corrected chi connectivity index (χ3v) is 2.35. The second-order valence-electron chi connectivity index (χ2n) is 3.37. The zero-order valence-corrected chi connectivity index (χ0v) is 7.72. The average Bonchev–Trinajstić information content (AvgIpc) is 2.05. The third kappa shape index (κ3) is 1.74. The molecule has 0 bridgehead atoms. The number of ether oxygens (including phenoxy) is 2. The van der Waals surface area contributed by atoms with Gasteiger partial charge < -0.3 is 9.47 Å². The predicted molar refractivity (Wildman–Crippen MR) is 44.4 cm³/mol. The first kappa shape index (κ1) is 9.01. The first-order valence-electron chi connectivity index (χ1n) is 4.49. The fourth-order valence-electron chi connectivity index (χ4n) is 1.54. The van der Waals surface area contributed by atoms with Gasteiger partial charge in [-0.05, 0) is 12.8 Å². The van der Waals surface area contributed by atoms with Crippen LogP contribution in [0.1, 0.15) is 33.6 Å². The summed E-state index contributed by atoms with van der Waals surface area (Å²) in [6, 6.07) is 0. The molecule has 1 aliphatic rings. The molecule has 1 rings (SSSR count). The molecule has 0 amide bonds. The van der Waals surface area contributed by atoms with Crippen molar-refractivity contribution in [3.63, 3.8) is 0 Å². The lowest BCUT2D eigenvalue weighted by Crippen LogP contribution is -2.44. The Morgan fingerprint density at radius 3 is 2.09 bits per heavy atom. The van der Waals surface area contributed by atoms with Crippen LogP contribution in [0, 0.1) is 5.92 Å². The Balaban J connectivity index is 2.57. The van der Waals surface area contributed by atoms with Crippen molar-refractivity contribution < 1.29 is 9.47 Å². The predicted octanol–water partition coefficient (Wildman–Crippen LogP) is 2.19. The molecule has 2 nitrogen and oxygen atoms in total. The minimum Gasteiger partial charge on any atom is -0.350 e. The van der Waals surface area contributed by atoms with Gasteiger partial charge in [0.25, 0.3) is 0 Å². The lowest BCUT2D eigenvalue weighted by atomic mass is 9.99. The van der Waals surface area contributed by atoms with E-state index in [0.29, 0.717) is 5.92 Å². The molecule has 1 saturated heterocycles. The summed E-state index contributed by atoms with van der Waals surface area (Å²) in [5.41, 5.74) is 0. The molecule has 0 unspecified atom stereocenters. The van der Waals surface area contributed by atoms with Gasteiger partial charge in [-0.25, -0.2) is 0 Å². The Kier molecular flexibility index (Phi) is 2.90. The monoisotopic (exact) mass is 158 g/mol. The SMILES string of the molecule is CCC1(C(C)C)OCCCO1. The van der Waals surface area contributed by atoms with Crippen LogP contribution >= 0.6 is 0 Å².